The molecule has 0 atom stereocenters. The Balaban J connectivity index is 1.74. The molecule has 0 aliphatic carbocycles. The summed E-state index contributed by atoms with van der Waals surface area (Å²) in [5.41, 5.74) is 5.84. The van der Waals surface area contributed by atoms with Crippen molar-refractivity contribution in [3.05, 3.63) is 82.4 Å². The van der Waals surface area contributed by atoms with Gasteiger partial charge in [0.25, 0.3) is 0 Å². The number of rotatable bonds is 5. The zero-order valence-electron chi connectivity index (χ0n) is 18.7. The third kappa shape index (κ3) is 7.09. The maximum atomic E-state index is 13.1. The van der Waals surface area contributed by atoms with E-state index >= 15 is 0 Å². The molecule has 166 valence electrons. The molecule has 0 spiro atoms. The van der Waals surface area contributed by atoms with E-state index in [1.807, 2.05) is 45.9 Å². The highest BCUT2D eigenvalue weighted by atomic mass is 32.1. The fraction of sp³-hybridized carbons (Fsp3) is 0.250. The summed E-state index contributed by atoms with van der Waals surface area (Å²) in [4.78, 5) is 13.4. The molecule has 0 bridgehead atoms. The van der Waals surface area contributed by atoms with E-state index < -0.39 is 0 Å². The number of aryl methyl sites for hydroxylation is 4. The Morgan fingerprint density at radius 3 is 2.31 bits per heavy atom. The molecular weight excluding hydrogens is 423 g/mol. The Labute approximate surface area is 193 Å². The molecule has 0 unspecified atom stereocenters. The summed E-state index contributed by atoms with van der Waals surface area (Å²) < 4.78 is 13.1. The van der Waals surface area contributed by atoms with Gasteiger partial charge in [0, 0.05) is 23.6 Å². The molecule has 1 aromatic heterocycles. The number of nitrogens with zero attached hydrogens (tertiary/aromatic N) is 3. The molecule has 3 aromatic rings. The van der Waals surface area contributed by atoms with Gasteiger partial charge in [0.15, 0.2) is 5.11 Å². The quantitative estimate of drug-likeness (QED) is 0.293. The van der Waals surface area contributed by atoms with Crippen molar-refractivity contribution in [1.82, 2.24) is 15.3 Å². The molecule has 0 amide bonds. The maximum absolute atomic E-state index is 13.1. The van der Waals surface area contributed by atoms with Crippen LogP contribution >= 0.6 is 12.2 Å². The molecule has 0 radical (unpaired) electrons. The van der Waals surface area contributed by atoms with Gasteiger partial charge in [-0.2, -0.15) is 0 Å². The molecule has 8 heteroatoms. The number of thiocarbonyl (C=S) groups is 1. The lowest BCUT2D eigenvalue weighted by molar-refractivity contribution is 0.627. The van der Waals surface area contributed by atoms with Crippen LogP contribution in [0, 0.1) is 33.5 Å². The lowest BCUT2D eigenvalue weighted by Crippen LogP contribution is -2.39. The zero-order valence-corrected chi connectivity index (χ0v) is 19.5. The first-order chi connectivity index (χ1) is 15.3. The van der Waals surface area contributed by atoms with Crippen molar-refractivity contribution in [3.63, 3.8) is 0 Å². The van der Waals surface area contributed by atoms with E-state index in [0.717, 1.165) is 33.8 Å². The van der Waals surface area contributed by atoms with Crippen molar-refractivity contribution in [2.24, 2.45) is 4.99 Å². The molecule has 1 heterocycles. The maximum Gasteiger partial charge on any atom is 0.229 e. The minimum Gasteiger partial charge on any atom is -0.332 e. The number of guanidine groups is 1. The van der Waals surface area contributed by atoms with Gasteiger partial charge in [-0.25, -0.2) is 14.4 Å². The highest BCUT2D eigenvalue weighted by Crippen LogP contribution is 2.16. The molecule has 6 nitrogen and oxygen atoms in total. The summed E-state index contributed by atoms with van der Waals surface area (Å²) in [6.45, 7) is 8.33. The summed E-state index contributed by atoms with van der Waals surface area (Å²) in [7, 11) is 0. The van der Waals surface area contributed by atoms with Gasteiger partial charge in [0.05, 0.1) is 0 Å². The molecule has 3 N–H and O–H groups in total. The van der Waals surface area contributed by atoms with Crippen molar-refractivity contribution >= 4 is 34.9 Å². The van der Waals surface area contributed by atoms with Crippen molar-refractivity contribution in [1.29, 1.82) is 0 Å². The number of nitrogens with one attached hydrogen (secondary N) is 3. The summed E-state index contributed by atoms with van der Waals surface area (Å²) in [5.74, 6) is 0.612. The van der Waals surface area contributed by atoms with Crippen molar-refractivity contribution in [3.8, 4) is 0 Å². The fourth-order valence-corrected chi connectivity index (χ4v) is 3.28. The molecule has 0 aliphatic rings. The molecule has 0 saturated carbocycles. The van der Waals surface area contributed by atoms with E-state index in [2.05, 4.69) is 37.0 Å². The Bertz CT molecular complexity index is 1110. The van der Waals surface area contributed by atoms with Crippen LogP contribution in [0.2, 0.25) is 0 Å². The van der Waals surface area contributed by atoms with Crippen molar-refractivity contribution in [2.75, 3.05) is 17.2 Å². The topological polar surface area (TPSA) is 74.2 Å². The molecule has 0 saturated heterocycles. The van der Waals surface area contributed by atoms with Crippen molar-refractivity contribution in [2.45, 2.75) is 34.1 Å². The minimum absolute atomic E-state index is 0.254. The van der Waals surface area contributed by atoms with E-state index in [4.69, 9.17) is 12.2 Å². The average molecular weight is 451 g/mol. The molecule has 0 fully saturated rings. The monoisotopic (exact) mass is 450 g/mol. The van der Waals surface area contributed by atoms with Crippen LogP contribution in [-0.2, 0) is 6.42 Å². The lowest BCUT2D eigenvalue weighted by Gasteiger charge is -2.16. The number of aromatic nitrogens is 2. The molecule has 2 aromatic carbocycles. The summed E-state index contributed by atoms with van der Waals surface area (Å²) >= 11 is 5.52. The van der Waals surface area contributed by atoms with E-state index in [1.165, 1.54) is 12.1 Å². The SMILES string of the molecule is Cc1ccc(C)c(NC(=S)NC(=NCCc2ccc(F)cc2)Nc2nc(C)cc(C)n2)c1. The predicted molar refractivity (Wildman–Crippen MR) is 133 cm³/mol. The van der Waals surface area contributed by atoms with Gasteiger partial charge in [-0.3, -0.25) is 10.3 Å². The molecule has 3 rings (SSSR count). The Kier molecular flexibility index (Phi) is 7.83. The third-order valence-corrected chi connectivity index (χ3v) is 4.87. The van der Waals surface area contributed by atoms with Crippen LogP contribution in [0.5, 0.6) is 0 Å². The third-order valence-electron chi connectivity index (χ3n) is 4.67. The fourth-order valence-electron chi connectivity index (χ4n) is 3.08. The first-order valence-electron chi connectivity index (χ1n) is 10.3. The van der Waals surface area contributed by atoms with Crippen LogP contribution in [0.25, 0.3) is 0 Å². The predicted octanol–water partition coefficient (Wildman–Crippen LogP) is 4.85. The largest absolute Gasteiger partial charge is 0.332 e. The second kappa shape index (κ2) is 10.8. The summed E-state index contributed by atoms with van der Waals surface area (Å²) in [6.07, 6.45) is 0.651. The smallest absolute Gasteiger partial charge is 0.229 e. The van der Waals surface area contributed by atoms with Gasteiger partial charge in [0.2, 0.25) is 11.9 Å². The Morgan fingerprint density at radius 2 is 1.62 bits per heavy atom. The average Bonchev–Trinajstić information content (AvgIpc) is 2.71. The Hall–Kier alpha value is -3.39. The summed E-state index contributed by atoms with van der Waals surface area (Å²) in [6, 6.07) is 14.4. The standard InChI is InChI=1S/C24H27FN6S/c1-15-5-6-16(2)21(13-15)29-24(32)31-22(30-23-27-17(3)14-18(4)28-23)26-12-11-19-7-9-20(25)10-8-19/h5-10,13-14H,11-12H2,1-4H3,(H3,26,27,28,29,30,31,32). The van der Waals surface area contributed by atoms with Gasteiger partial charge in [-0.05, 0) is 87.3 Å². The zero-order chi connectivity index (χ0) is 23.1. The molecule has 32 heavy (non-hydrogen) atoms. The molecular formula is C24H27FN6S. The normalized spacial score (nSPS) is 11.2. The summed E-state index contributed by atoms with van der Waals surface area (Å²) in [5, 5.41) is 9.86. The number of hydrogen-bond acceptors (Lipinski definition) is 4. The van der Waals surface area contributed by atoms with Crippen LogP contribution < -0.4 is 16.0 Å². The second-order valence-electron chi connectivity index (χ2n) is 7.60. The van der Waals surface area contributed by atoms with Gasteiger partial charge in [-0.15, -0.1) is 0 Å². The minimum atomic E-state index is -0.254. The number of hydrogen-bond donors (Lipinski definition) is 3. The van der Waals surface area contributed by atoms with Gasteiger partial charge in [0.1, 0.15) is 5.82 Å². The highest BCUT2D eigenvalue weighted by molar-refractivity contribution is 7.80. The van der Waals surface area contributed by atoms with Crippen LogP contribution in [0.4, 0.5) is 16.0 Å². The second-order valence-corrected chi connectivity index (χ2v) is 8.01. The van der Waals surface area contributed by atoms with Crippen LogP contribution in [0.15, 0.2) is 53.5 Å². The highest BCUT2D eigenvalue weighted by Gasteiger charge is 2.08. The number of aliphatic imine (C=N–C) groups is 1. The van der Waals surface area contributed by atoms with Crippen LogP contribution in [0.1, 0.15) is 28.1 Å². The lowest BCUT2D eigenvalue weighted by atomic mass is 10.1. The first-order valence-corrected chi connectivity index (χ1v) is 10.7. The first kappa shape index (κ1) is 23.3. The van der Waals surface area contributed by atoms with Gasteiger partial charge < -0.3 is 10.6 Å². The van der Waals surface area contributed by atoms with Crippen LogP contribution in [0.3, 0.4) is 0 Å². The number of halogens is 1. The van der Waals surface area contributed by atoms with E-state index in [1.54, 1.807) is 12.1 Å². The van der Waals surface area contributed by atoms with E-state index in [-0.39, 0.29) is 5.82 Å². The van der Waals surface area contributed by atoms with E-state index in [0.29, 0.717) is 30.0 Å². The van der Waals surface area contributed by atoms with Gasteiger partial charge in [-0.1, -0.05) is 24.3 Å². The number of anilines is 2. The van der Waals surface area contributed by atoms with Crippen LogP contribution in [-0.4, -0.2) is 27.6 Å². The van der Waals surface area contributed by atoms with E-state index in [9.17, 15) is 4.39 Å². The molecule has 0 aliphatic heterocycles. The number of benzene rings is 2. The Morgan fingerprint density at radius 1 is 0.938 bits per heavy atom. The van der Waals surface area contributed by atoms with Gasteiger partial charge >= 0.3 is 0 Å². The van der Waals surface area contributed by atoms with Crippen molar-refractivity contribution < 1.29 is 4.39 Å².